The number of nitrogens with one attached hydrogen (secondary N) is 2. The summed E-state index contributed by atoms with van der Waals surface area (Å²) < 4.78 is 3.55. The third-order valence-electron chi connectivity index (χ3n) is 4.68. The molecule has 0 saturated heterocycles. The number of aromatic amines is 1. The van der Waals surface area contributed by atoms with E-state index in [9.17, 15) is 9.59 Å². The van der Waals surface area contributed by atoms with Gasteiger partial charge < -0.3 is 5.32 Å². The lowest BCUT2D eigenvalue weighted by Gasteiger charge is -2.07. The van der Waals surface area contributed by atoms with Crippen LogP contribution in [0.1, 0.15) is 11.4 Å². The van der Waals surface area contributed by atoms with Gasteiger partial charge in [0.25, 0.3) is 5.56 Å². The number of carbonyl (C=O) groups is 1. The molecular formula is C20H19N7O2S2. The second-order valence-electron chi connectivity index (χ2n) is 6.83. The van der Waals surface area contributed by atoms with E-state index in [1.54, 1.807) is 31.3 Å². The molecule has 0 spiro atoms. The van der Waals surface area contributed by atoms with Crippen molar-refractivity contribution in [2.45, 2.75) is 19.9 Å². The van der Waals surface area contributed by atoms with Crippen molar-refractivity contribution in [3.8, 4) is 10.7 Å². The summed E-state index contributed by atoms with van der Waals surface area (Å²) in [5, 5.41) is 15.8. The lowest BCUT2D eigenvalue weighted by molar-refractivity contribution is -0.115. The van der Waals surface area contributed by atoms with Crippen LogP contribution in [0.4, 0.5) is 5.13 Å². The van der Waals surface area contributed by atoms with Gasteiger partial charge in [0, 0.05) is 19.0 Å². The van der Waals surface area contributed by atoms with Crippen molar-refractivity contribution in [1.29, 1.82) is 0 Å². The van der Waals surface area contributed by atoms with Crippen LogP contribution in [0.2, 0.25) is 0 Å². The first-order valence-electron chi connectivity index (χ1n) is 9.37. The van der Waals surface area contributed by atoms with E-state index in [1.807, 2.05) is 17.6 Å². The van der Waals surface area contributed by atoms with Gasteiger partial charge in [-0.25, -0.2) is 9.67 Å². The van der Waals surface area contributed by atoms with Crippen LogP contribution in [0, 0.1) is 11.7 Å². The molecule has 2 N–H and O–H groups in total. The Hall–Kier alpha value is -3.44. The smallest absolute Gasteiger partial charge is 0.274 e. The lowest BCUT2D eigenvalue weighted by Crippen LogP contribution is -2.24. The van der Waals surface area contributed by atoms with E-state index >= 15 is 0 Å². The molecule has 0 fully saturated rings. The molecule has 31 heavy (non-hydrogen) atoms. The fourth-order valence-electron chi connectivity index (χ4n) is 3.27. The number of nitrogens with zero attached hydrogens (tertiary/aromatic N) is 5. The molecule has 0 atom stereocenters. The number of thiazole rings is 1. The number of H-pyrrole nitrogens is 1. The number of aryl methyl sites for hydroxylation is 2. The Labute approximate surface area is 186 Å². The highest BCUT2D eigenvalue weighted by molar-refractivity contribution is 7.71. The number of rotatable bonds is 6. The zero-order valence-electron chi connectivity index (χ0n) is 16.9. The molecule has 158 valence electrons. The quantitative estimate of drug-likeness (QED) is 0.343. The Morgan fingerprint density at radius 3 is 2.84 bits per heavy atom. The molecule has 0 aliphatic rings. The molecule has 0 bridgehead atoms. The van der Waals surface area contributed by atoms with Crippen LogP contribution in [-0.2, 0) is 24.8 Å². The summed E-state index contributed by atoms with van der Waals surface area (Å²) in [4.78, 5) is 30.3. The van der Waals surface area contributed by atoms with E-state index in [2.05, 4.69) is 32.2 Å². The number of carbonyl (C=O) groups excluding carboxylic acids is 1. The van der Waals surface area contributed by atoms with Gasteiger partial charge in [0.05, 0.1) is 28.1 Å². The van der Waals surface area contributed by atoms with Crippen molar-refractivity contribution in [3.63, 3.8) is 0 Å². The van der Waals surface area contributed by atoms with Gasteiger partial charge in [-0.2, -0.15) is 10.2 Å². The van der Waals surface area contributed by atoms with Gasteiger partial charge in [-0.05, 0) is 25.2 Å². The van der Waals surface area contributed by atoms with Gasteiger partial charge in [0.15, 0.2) is 15.7 Å². The molecule has 0 aliphatic heterocycles. The Morgan fingerprint density at radius 2 is 2.10 bits per heavy atom. The normalized spacial score (nSPS) is 11.0. The number of aromatic nitrogens is 6. The highest BCUT2D eigenvalue weighted by Crippen LogP contribution is 2.31. The van der Waals surface area contributed by atoms with Crippen LogP contribution in [0.25, 0.3) is 21.5 Å². The molecule has 3 heterocycles. The highest BCUT2D eigenvalue weighted by atomic mass is 32.1. The summed E-state index contributed by atoms with van der Waals surface area (Å²) in [6.07, 6.45) is 1.75. The number of fused-ring (bicyclic) bond motifs is 1. The predicted molar refractivity (Wildman–Crippen MR) is 123 cm³/mol. The SMILES string of the molecule is C=CCn1c(-c2sc(NC(=O)Cc3nn(C)c(=O)c4ccccc34)nc2C)n[nH]c1=S. The average molecular weight is 454 g/mol. The zero-order valence-corrected chi connectivity index (χ0v) is 18.5. The summed E-state index contributed by atoms with van der Waals surface area (Å²) in [5.41, 5.74) is 1.05. The van der Waals surface area contributed by atoms with Gasteiger partial charge in [0.2, 0.25) is 5.91 Å². The Balaban J connectivity index is 1.60. The van der Waals surface area contributed by atoms with Crippen molar-refractivity contribution in [2.24, 2.45) is 7.05 Å². The minimum absolute atomic E-state index is 0.0117. The Bertz CT molecular complexity index is 1430. The number of hydrogen-bond acceptors (Lipinski definition) is 7. The second kappa shape index (κ2) is 8.36. The van der Waals surface area contributed by atoms with Crippen LogP contribution < -0.4 is 10.9 Å². The summed E-state index contributed by atoms with van der Waals surface area (Å²) in [5.74, 6) is 0.368. The van der Waals surface area contributed by atoms with Gasteiger partial charge >= 0.3 is 0 Å². The topological polar surface area (TPSA) is 110 Å². The summed E-state index contributed by atoms with van der Waals surface area (Å²) in [7, 11) is 1.57. The first kappa shape index (κ1) is 20.8. The third-order valence-corrected chi connectivity index (χ3v) is 6.06. The maximum absolute atomic E-state index is 12.7. The third kappa shape index (κ3) is 3.97. The number of hydrogen-bond donors (Lipinski definition) is 2. The number of anilines is 1. The molecule has 9 nitrogen and oxygen atoms in total. The number of benzene rings is 1. The molecule has 3 aromatic heterocycles. The van der Waals surface area contributed by atoms with E-state index < -0.39 is 0 Å². The number of allylic oxidation sites excluding steroid dienone is 1. The summed E-state index contributed by atoms with van der Waals surface area (Å²) in [6.45, 7) is 6.10. The molecular weight excluding hydrogens is 434 g/mol. The molecule has 1 aromatic carbocycles. The van der Waals surface area contributed by atoms with Gasteiger partial charge in [0.1, 0.15) is 0 Å². The fraction of sp³-hybridized carbons (Fsp3) is 0.200. The van der Waals surface area contributed by atoms with Gasteiger partial charge in [-0.3, -0.25) is 19.3 Å². The van der Waals surface area contributed by atoms with Crippen LogP contribution >= 0.6 is 23.6 Å². The standard InChI is InChI=1S/C20H19N7O2S2/c1-4-9-27-17(23-24-20(27)30)16-11(2)21-19(31-16)22-15(28)10-14-12-7-5-6-8-13(12)18(29)26(3)25-14/h4-8H,1,9-10H2,2-3H3,(H,24,30)(H,21,22,28). The molecule has 11 heteroatoms. The largest absolute Gasteiger partial charge is 0.302 e. The lowest BCUT2D eigenvalue weighted by atomic mass is 10.1. The first-order valence-corrected chi connectivity index (χ1v) is 10.6. The summed E-state index contributed by atoms with van der Waals surface area (Å²) in [6, 6.07) is 7.12. The maximum Gasteiger partial charge on any atom is 0.274 e. The minimum atomic E-state index is -0.276. The van der Waals surface area contributed by atoms with Crippen LogP contribution in [0.15, 0.2) is 41.7 Å². The number of amides is 1. The molecule has 0 unspecified atom stereocenters. The molecule has 1 amide bonds. The van der Waals surface area contributed by atoms with Crippen molar-refractivity contribution < 1.29 is 4.79 Å². The molecule has 4 aromatic rings. The van der Waals surface area contributed by atoms with Crippen molar-refractivity contribution >= 4 is 45.4 Å². The average Bonchev–Trinajstić information content (AvgIpc) is 3.28. The molecule has 0 aliphatic carbocycles. The summed E-state index contributed by atoms with van der Waals surface area (Å²) >= 11 is 6.58. The van der Waals surface area contributed by atoms with E-state index in [-0.39, 0.29) is 17.9 Å². The van der Waals surface area contributed by atoms with E-state index in [0.29, 0.717) is 38.7 Å². The van der Waals surface area contributed by atoms with Gasteiger partial charge in [-0.1, -0.05) is 35.6 Å². The fourth-order valence-corrected chi connectivity index (χ4v) is 4.46. The van der Waals surface area contributed by atoms with Crippen LogP contribution in [-0.4, -0.2) is 35.4 Å². The molecule has 0 radical (unpaired) electrons. The van der Waals surface area contributed by atoms with E-state index in [4.69, 9.17) is 12.2 Å². The van der Waals surface area contributed by atoms with E-state index in [1.165, 1.54) is 16.0 Å². The van der Waals surface area contributed by atoms with Crippen molar-refractivity contribution in [3.05, 3.63) is 63.4 Å². The Kier molecular flexibility index (Phi) is 5.61. The molecule has 4 rings (SSSR count). The van der Waals surface area contributed by atoms with Gasteiger partial charge in [-0.15, -0.1) is 6.58 Å². The van der Waals surface area contributed by atoms with E-state index in [0.717, 1.165) is 10.6 Å². The Morgan fingerprint density at radius 1 is 1.35 bits per heavy atom. The maximum atomic E-state index is 12.7. The second-order valence-corrected chi connectivity index (χ2v) is 8.22. The highest BCUT2D eigenvalue weighted by Gasteiger charge is 2.18. The van der Waals surface area contributed by atoms with Crippen LogP contribution in [0.5, 0.6) is 0 Å². The van der Waals surface area contributed by atoms with Crippen molar-refractivity contribution in [2.75, 3.05) is 5.32 Å². The first-order chi connectivity index (χ1) is 14.9. The monoisotopic (exact) mass is 453 g/mol. The minimum Gasteiger partial charge on any atom is -0.302 e. The zero-order chi connectivity index (χ0) is 22.1. The van der Waals surface area contributed by atoms with Crippen molar-refractivity contribution in [1.82, 2.24) is 29.5 Å². The predicted octanol–water partition coefficient (Wildman–Crippen LogP) is 2.99. The van der Waals surface area contributed by atoms with Crippen LogP contribution in [0.3, 0.4) is 0 Å². The molecule has 0 saturated carbocycles.